The molecule has 0 N–H and O–H groups in total. The highest BCUT2D eigenvalue weighted by molar-refractivity contribution is 5.93. The first-order chi connectivity index (χ1) is 9.76. The number of esters is 1. The van der Waals surface area contributed by atoms with Crippen LogP contribution in [0.15, 0.2) is 49.1 Å². The van der Waals surface area contributed by atoms with Crippen molar-refractivity contribution in [3.05, 3.63) is 49.1 Å². The normalized spacial score (nSPS) is 10.1. The van der Waals surface area contributed by atoms with E-state index < -0.39 is 5.97 Å². The second-order valence-corrected chi connectivity index (χ2v) is 4.03. The molecule has 0 aliphatic rings. The number of ether oxygens (including phenoxy) is 3. The summed E-state index contributed by atoms with van der Waals surface area (Å²) >= 11 is 0. The molecule has 0 saturated carbocycles. The highest BCUT2D eigenvalue weighted by Gasteiger charge is 2.06. The summed E-state index contributed by atoms with van der Waals surface area (Å²) in [6, 6.07) is 11.5. The van der Waals surface area contributed by atoms with Crippen molar-refractivity contribution in [2.45, 2.75) is 0 Å². The zero-order valence-corrected chi connectivity index (χ0v) is 11.3. The molecule has 0 unspecified atom stereocenters. The fourth-order valence-corrected chi connectivity index (χ4v) is 1.91. The maximum atomic E-state index is 10.9. The summed E-state index contributed by atoms with van der Waals surface area (Å²) in [6.45, 7) is 3.80. The molecule has 0 radical (unpaired) electrons. The van der Waals surface area contributed by atoms with E-state index in [1.165, 1.54) is 0 Å². The number of methoxy groups -OCH3 is 1. The first kappa shape index (κ1) is 13.9. The van der Waals surface area contributed by atoms with E-state index in [9.17, 15) is 4.79 Å². The Morgan fingerprint density at radius 2 is 1.75 bits per heavy atom. The molecule has 4 nitrogen and oxygen atoms in total. The summed E-state index contributed by atoms with van der Waals surface area (Å²) in [7, 11) is 1.64. The van der Waals surface area contributed by atoms with Gasteiger partial charge >= 0.3 is 5.97 Å². The van der Waals surface area contributed by atoms with Gasteiger partial charge in [-0.2, -0.15) is 0 Å². The molecule has 4 heteroatoms. The third-order valence-electron chi connectivity index (χ3n) is 2.81. The Kier molecular flexibility index (Phi) is 4.60. The Bertz CT molecular complexity index is 619. The van der Waals surface area contributed by atoms with Crippen LogP contribution in [0, 0.1) is 0 Å². The van der Waals surface area contributed by atoms with Gasteiger partial charge in [0.2, 0.25) is 0 Å². The zero-order chi connectivity index (χ0) is 14.4. The third kappa shape index (κ3) is 3.09. The topological polar surface area (TPSA) is 44.8 Å². The van der Waals surface area contributed by atoms with Crippen LogP contribution in [-0.2, 0) is 9.53 Å². The van der Waals surface area contributed by atoms with Crippen molar-refractivity contribution in [1.29, 1.82) is 0 Å². The molecule has 104 valence electrons. The molecule has 0 bridgehead atoms. The Morgan fingerprint density at radius 1 is 1.10 bits per heavy atom. The van der Waals surface area contributed by atoms with Gasteiger partial charge in [-0.3, -0.25) is 0 Å². The Labute approximate surface area is 117 Å². The van der Waals surface area contributed by atoms with Gasteiger partial charge in [-0.1, -0.05) is 30.8 Å². The lowest BCUT2D eigenvalue weighted by molar-refractivity contribution is -0.138. The molecular formula is C16H16O4. The lowest BCUT2D eigenvalue weighted by Crippen LogP contribution is -2.10. The smallest absolute Gasteiger partial charge is 0.330 e. The van der Waals surface area contributed by atoms with Crippen LogP contribution >= 0.6 is 0 Å². The summed E-state index contributed by atoms with van der Waals surface area (Å²) in [5.41, 5.74) is 0. The molecule has 0 aromatic heterocycles. The average molecular weight is 272 g/mol. The molecule has 2 rings (SSSR count). The van der Waals surface area contributed by atoms with Gasteiger partial charge in [0.25, 0.3) is 0 Å². The zero-order valence-electron chi connectivity index (χ0n) is 11.3. The van der Waals surface area contributed by atoms with Crippen molar-refractivity contribution in [3.63, 3.8) is 0 Å². The van der Waals surface area contributed by atoms with Crippen molar-refractivity contribution < 1.29 is 19.0 Å². The number of hydrogen-bond acceptors (Lipinski definition) is 4. The molecular weight excluding hydrogens is 256 g/mol. The molecule has 0 fully saturated rings. The molecule has 2 aromatic carbocycles. The number of rotatable bonds is 6. The first-order valence-electron chi connectivity index (χ1n) is 6.24. The fraction of sp³-hybridized carbons (Fsp3) is 0.188. The molecule has 0 aliphatic heterocycles. The monoisotopic (exact) mass is 272 g/mol. The average Bonchev–Trinajstić information content (AvgIpc) is 2.50. The van der Waals surface area contributed by atoms with E-state index in [-0.39, 0.29) is 13.2 Å². The van der Waals surface area contributed by atoms with Crippen molar-refractivity contribution in [2.24, 2.45) is 0 Å². The third-order valence-corrected chi connectivity index (χ3v) is 2.81. The van der Waals surface area contributed by atoms with Crippen molar-refractivity contribution in [1.82, 2.24) is 0 Å². The molecule has 0 atom stereocenters. The van der Waals surface area contributed by atoms with Crippen molar-refractivity contribution in [2.75, 3.05) is 20.3 Å². The van der Waals surface area contributed by atoms with Crippen LogP contribution in [0.25, 0.3) is 10.8 Å². The van der Waals surface area contributed by atoms with E-state index in [0.717, 1.165) is 28.3 Å². The second-order valence-electron chi connectivity index (χ2n) is 4.03. The summed E-state index contributed by atoms with van der Waals surface area (Å²) in [5.74, 6) is 1.08. The summed E-state index contributed by atoms with van der Waals surface area (Å²) in [5, 5.41) is 1.94. The van der Waals surface area contributed by atoms with Gasteiger partial charge < -0.3 is 14.2 Å². The minimum Gasteiger partial charge on any atom is -0.496 e. The number of hydrogen-bond donors (Lipinski definition) is 0. The lowest BCUT2D eigenvalue weighted by atomic mass is 10.1. The maximum absolute atomic E-state index is 10.9. The molecule has 0 heterocycles. The molecule has 0 spiro atoms. The van der Waals surface area contributed by atoms with Crippen LogP contribution in [0.1, 0.15) is 0 Å². The maximum Gasteiger partial charge on any atom is 0.330 e. The first-order valence-corrected chi connectivity index (χ1v) is 6.24. The van der Waals surface area contributed by atoms with Crippen LogP contribution in [0.3, 0.4) is 0 Å². The van der Waals surface area contributed by atoms with E-state index in [1.807, 2.05) is 36.4 Å². The van der Waals surface area contributed by atoms with Crippen LogP contribution < -0.4 is 9.47 Å². The molecule has 0 saturated heterocycles. The van der Waals surface area contributed by atoms with Gasteiger partial charge in [0, 0.05) is 16.8 Å². The number of fused-ring (bicyclic) bond motifs is 1. The quantitative estimate of drug-likeness (QED) is 0.461. The second kappa shape index (κ2) is 6.61. The van der Waals surface area contributed by atoms with E-state index in [2.05, 4.69) is 6.58 Å². The standard InChI is InChI=1S/C16H16O4/c1-3-16(17)20-11-10-19-15-9-5-6-12-13(15)7-4-8-14(12)18-2/h3-9H,1,10-11H2,2H3. The Morgan fingerprint density at radius 3 is 2.40 bits per heavy atom. The number of carbonyl (C=O) groups is 1. The lowest BCUT2D eigenvalue weighted by Gasteiger charge is -2.11. The molecule has 2 aromatic rings. The SMILES string of the molecule is C=CC(=O)OCCOc1cccc2c(OC)cccc12. The van der Waals surface area contributed by atoms with Gasteiger partial charge in [0.1, 0.15) is 24.7 Å². The van der Waals surface area contributed by atoms with Crippen LogP contribution in [-0.4, -0.2) is 26.3 Å². The van der Waals surface area contributed by atoms with Gasteiger partial charge in [-0.15, -0.1) is 0 Å². The highest BCUT2D eigenvalue weighted by Crippen LogP contribution is 2.31. The van der Waals surface area contributed by atoms with Gasteiger partial charge in [0.15, 0.2) is 0 Å². The Balaban J connectivity index is 2.10. The predicted molar refractivity (Wildman–Crippen MR) is 77.2 cm³/mol. The number of carbonyl (C=O) groups excluding carboxylic acids is 1. The minimum absolute atomic E-state index is 0.186. The number of benzene rings is 2. The predicted octanol–water partition coefficient (Wildman–Crippen LogP) is 2.96. The minimum atomic E-state index is -0.451. The summed E-state index contributed by atoms with van der Waals surface area (Å²) in [6.07, 6.45) is 1.13. The van der Waals surface area contributed by atoms with Gasteiger partial charge in [-0.05, 0) is 12.1 Å². The van der Waals surface area contributed by atoms with E-state index in [0.29, 0.717) is 0 Å². The van der Waals surface area contributed by atoms with E-state index >= 15 is 0 Å². The fourth-order valence-electron chi connectivity index (χ4n) is 1.91. The van der Waals surface area contributed by atoms with Crippen molar-refractivity contribution in [3.8, 4) is 11.5 Å². The van der Waals surface area contributed by atoms with Crippen LogP contribution in [0.5, 0.6) is 11.5 Å². The molecule has 0 aliphatic carbocycles. The van der Waals surface area contributed by atoms with Gasteiger partial charge in [-0.25, -0.2) is 4.79 Å². The van der Waals surface area contributed by atoms with Gasteiger partial charge in [0.05, 0.1) is 7.11 Å². The highest BCUT2D eigenvalue weighted by atomic mass is 16.6. The van der Waals surface area contributed by atoms with Crippen LogP contribution in [0.2, 0.25) is 0 Å². The molecule has 0 amide bonds. The molecule has 20 heavy (non-hydrogen) atoms. The van der Waals surface area contributed by atoms with E-state index in [1.54, 1.807) is 7.11 Å². The summed E-state index contributed by atoms with van der Waals surface area (Å²) in [4.78, 5) is 10.9. The largest absolute Gasteiger partial charge is 0.496 e. The Hall–Kier alpha value is -2.49. The summed E-state index contributed by atoms with van der Waals surface area (Å²) < 4.78 is 15.8. The van der Waals surface area contributed by atoms with E-state index in [4.69, 9.17) is 14.2 Å². The van der Waals surface area contributed by atoms with Crippen molar-refractivity contribution >= 4 is 16.7 Å². The van der Waals surface area contributed by atoms with Crippen LogP contribution in [0.4, 0.5) is 0 Å².